The van der Waals surface area contributed by atoms with Gasteiger partial charge in [-0.05, 0) is 6.92 Å². The van der Waals surface area contributed by atoms with Crippen molar-refractivity contribution in [2.75, 3.05) is 27.3 Å². The molecule has 4 nitrogen and oxygen atoms in total. The zero-order valence-electron chi connectivity index (χ0n) is 9.83. The highest BCUT2D eigenvalue weighted by atomic mass is 16.5. The van der Waals surface area contributed by atoms with E-state index in [4.69, 9.17) is 4.74 Å². The summed E-state index contributed by atoms with van der Waals surface area (Å²) in [4.78, 5) is 13.3. The third-order valence-corrected chi connectivity index (χ3v) is 2.12. The molecule has 0 heterocycles. The van der Waals surface area contributed by atoms with E-state index in [0.717, 1.165) is 0 Å². The average Bonchev–Trinajstić information content (AvgIpc) is 2.13. The van der Waals surface area contributed by atoms with Crippen LogP contribution in [0.2, 0.25) is 0 Å². The van der Waals surface area contributed by atoms with Crippen molar-refractivity contribution in [2.45, 2.75) is 32.9 Å². The molecule has 0 aromatic rings. The van der Waals surface area contributed by atoms with Gasteiger partial charge in [0.05, 0.1) is 19.2 Å². The van der Waals surface area contributed by atoms with Crippen molar-refractivity contribution in [3.05, 3.63) is 0 Å². The molecule has 1 atom stereocenters. The van der Waals surface area contributed by atoms with Gasteiger partial charge in [0.15, 0.2) is 0 Å². The van der Waals surface area contributed by atoms with Gasteiger partial charge in [-0.25, -0.2) is 0 Å². The molecule has 14 heavy (non-hydrogen) atoms. The molecule has 1 N–H and O–H groups in total. The first kappa shape index (κ1) is 13.4. The third-order valence-electron chi connectivity index (χ3n) is 2.12. The van der Waals surface area contributed by atoms with Gasteiger partial charge in [0.25, 0.3) is 0 Å². The summed E-state index contributed by atoms with van der Waals surface area (Å²) < 4.78 is 4.99. The first-order valence-electron chi connectivity index (χ1n) is 4.97. The number of methoxy groups -OCH3 is 1. The topological polar surface area (TPSA) is 41.6 Å². The summed E-state index contributed by atoms with van der Waals surface area (Å²) in [7, 11) is 3.44. The minimum atomic E-state index is 0.100. The molecule has 1 amide bonds. The Bertz CT molecular complexity index is 172. The Morgan fingerprint density at radius 2 is 2.00 bits per heavy atom. The van der Waals surface area contributed by atoms with Crippen molar-refractivity contribution in [2.24, 2.45) is 0 Å². The van der Waals surface area contributed by atoms with Gasteiger partial charge < -0.3 is 15.0 Å². The first-order valence-corrected chi connectivity index (χ1v) is 4.97. The maximum Gasteiger partial charge on any atom is 0.236 e. The summed E-state index contributed by atoms with van der Waals surface area (Å²) >= 11 is 0. The number of hydrogen-bond acceptors (Lipinski definition) is 3. The Kier molecular flexibility index (Phi) is 6.49. The molecule has 0 aliphatic rings. The van der Waals surface area contributed by atoms with Gasteiger partial charge in [-0.3, -0.25) is 4.79 Å². The minimum Gasteiger partial charge on any atom is -0.383 e. The van der Waals surface area contributed by atoms with Gasteiger partial charge in [0.1, 0.15) is 0 Å². The lowest BCUT2D eigenvalue weighted by atomic mass is 10.3. The summed E-state index contributed by atoms with van der Waals surface area (Å²) in [5.41, 5.74) is 0. The van der Waals surface area contributed by atoms with E-state index in [1.807, 2.05) is 20.8 Å². The number of hydrogen-bond donors (Lipinski definition) is 1. The van der Waals surface area contributed by atoms with E-state index in [1.54, 1.807) is 19.1 Å². The quantitative estimate of drug-likeness (QED) is 0.681. The van der Waals surface area contributed by atoms with Crippen LogP contribution in [0.5, 0.6) is 0 Å². The fourth-order valence-corrected chi connectivity index (χ4v) is 1.01. The standard InChI is InChI=1S/C10H22N2O2/c1-8(2)11-6-10(13)12(4)9(3)7-14-5/h8-9,11H,6-7H2,1-5H3. The predicted octanol–water partition coefficient (Wildman–Crippen LogP) is 0.478. The van der Waals surface area contributed by atoms with Crippen molar-refractivity contribution in [3.8, 4) is 0 Å². The molecule has 1 unspecified atom stereocenters. The SMILES string of the molecule is COCC(C)N(C)C(=O)CNC(C)C. The Hall–Kier alpha value is -0.610. The molecule has 84 valence electrons. The number of carbonyl (C=O) groups excluding carboxylic acids is 1. The molecule has 4 heteroatoms. The van der Waals surface area contributed by atoms with Crippen LogP contribution in [0.15, 0.2) is 0 Å². The molecule has 0 radical (unpaired) electrons. The Morgan fingerprint density at radius 3 is 2.43 bits per heavy atom. The number of rotatable bonds is 6. The van der Waals surface area contributed by atoms with Gasteiger partial charge in [-0.1, -0.05) is 13.8 Å². The van der Waals surface area contributed by atoms with Crippen molar-refractivity contribution >= 4 is 5.91 Å². The van der Waals surface area contributed by atoms with Crippen molar-refractivity contribution in [1.29, 1.82) is 0 Å². The van der Waals surface area contributed by atoms with Crippen LogP contribution < -0.4 is 5.32 Å². The number of amides is 1. The zero-order valence-corrected chi connectivity index (χ0v) is 9.83. The average molecular weight is 202 g/mol. The molecule has 0 aromatic heterocycles. The van der Waals surface area contributed by atoms with Crippen LogP contribution in [-0.2, 0) is 9.53 Å². The highest BCUT2D eigenvalue weighted by Crippen LogP contribution is 1.96. The second kappa shape index (κ2) is 6.79. The highest BCUT2D eigenvalue weighted by Gasteiger charge is 2.14. The third kappa shape index (κ3) is 5.19. The zero-order chi connectivity index (χ0) is 11.1. The lowest BCUT2D eigenvalue weighted by Crippen LogP contribution is -2.43. The van der Waals surface area contributed by atoms with Crippen LogP contribution in [0.25, 0.3) is 0 Å². The summed E-state index contributed by atoms with van der Waals surface area (Å²) in [6.07, 6.45) is 0. The van der Waals surface area contributed by atoms with Crippen LogP contribution in [0.1, 0.15) is 20.8 Å². The summed E-state index contributed by atoms with van der Waals surface area (Å²) in [5, 5.41) is 3.09. The van der Waals surface area contributed by atoms with Gasteiger partial charge in [0.2, 0.25) is 5.91 Å². The van der Waals surface area contributed by atoms with Crippen LogP contribution >= 0.6 is 0 Å². The van der Waals surface area contributed by atoms with Crippen LogP contribution in [-0.4, -0.2) is 50.2 Å². The van der Waals surface area contributed by atoms with E-state index in [-0.39, 0.29) is 11.9 Å². The van der Waals surface area contributed by atoms with E-state index < -0.39 is 0 Å². The van der Waals surface area contributed by atoms with Crippen molar-refractivity contribution in [1.82, 2.24) is 10.2 Å². The van der Waals surface area contributed by atoms with Crippen molar-refractivity contribution in [3.63, 3.8) is 0 Å². The first-order chi connectivity index (χ1) is 6.49. The van der Waals surface area contributed by atoms with Crippen LogP contribution in [0.3, 0.4) is 0 Å². The number of likely N-dealkylation sites (N-methyl/N-ethyl adjacent to an activating group) is 1. The molecule has 0 bridgehead atoms. The Labute approximate surface area is 86.6 Å². The van der Waals surface area contributed by atoms with Crippen LogP contribution in [0.4, 0.5) is 0 Å². The lowest BCUT2D eigenvalue weighted by molar-refractivity contribution is -0.131. The molecule has 0 rings (SSSR count). The maximum atomic E-state index is 11.6. The van der Waals surface area contributed by atoms with E-state index >= 15 is 0 Å². The number of ether oxygens (including phenoxy) is 1. The summed E-state index contributed by atoms with van der Waals surface area (Å²) in [6, 6.07) is 0.464. The molecule has 0 spiro atoms. The smallest absolute Gasteiger partial charge is 0.236 e. The predicted molar refractivity (Wildman–Crippen MR) is 57.2 cm³/mol. The summed E-state index contributed by atoms with van der Waals surface area (Å²) in [5.74, 6) is 0.100. The minimum absolute atomic E-state index is 0.100. The molecule has 0 aromatic carbocycles. The lowest BCUT2D eigenvalue weighted by Gasteiger charge is -2.24. The summed E-state index contributed by atoms with van der Waals surface area (Å²) in [6.45, 7) is 6.97. The molecule has 0 saturated heterocycles. The Balaban J connectivity index is 3.86. The number of nitrogens with one attached hydrogen (secondary N) is 1. The molecule has 0 aliphatic heterocycles. The molecular weight excluding hydrogens is 180 g/mol. The normalized spacial score (nSPS) is 13.0. The van der Waals surface area contributed by atoms with E-state index in [9.17, 15) is 4.79 Å². The van der Waals surface area contributed by atoms with Gasteiger partial charge >= 0.3 is 0 Å². The second-order valence-electron chi connectivity index (χ2n) is 3.84. The highest BCUT2D eigenvalue weighted by molar-refractivity contribution is 5.78. The van der Waals surface area contributed by atoms with Crippen molar-refractivity contribution < 1.29 is 9.53 Å². The van der Waals surface area contributed by atoms with E-state index in [2.05, 4.69) is 5.32 Å². The molecule has 0 saturated carbocycles. The van der Waals surface area contributed by atoms with Gasteiger partial charge in [-0.15, -0.1) is 0 Å². The maximum absolute atomic E-state index is 11.6. The van der Waals surface area contributed by atoms with Gasteiger partial charge in [0, 0.05) is 20.2 Å². The largest absolute Gasteiger partial charge is 0.383 e. The van der Waals surface area contributed by atoms with Gasteiger partial charge in [-0.2, -0.15) is 0 Å². The fourth-order valence-electron chi connectivity index (χ4n) is 1.01. The molecule has 0 fully saturated rings. The molecule has 0 aliphatic carbocycles. The fraction of sp³-hybridized carbons (Fsp3) is 0.900. The monoisotopic (exact) mass is 202 g/mol. The van der Waals surface area contributed by atoms with E-state index in [0.29, 0.717) is 19.2 Å². The molecular formula is C10H22N2O2. The number of nitrogens with zero attached hydrogens (tertiary/aromatic N) is 1. The Morgan fingerprint density at radius 1 is 1.43 bits per heavy atom. The number of carbonyl (C=O) groups is 1. The second-order valence-corrected chi connectivity index (χ2v) is 3.84. The van der Waals surface area contributed by atoms with E-state index in [1.165, 1.54) is 0 Å². The van der Waals surface area contributed by atoms with Crippen LogP contribution in [0, 0.1) is 0 Å².